The molecule has 6 nitrogen and oxygen atoms in total. The minimum atomic E-state index is -0.461. The summed E-state index contributed by atoms with van der Waals surface area (Å²) in [6.45, 7) is 0.810. The van der Waals surface area contributed by atoms with Crippen molar-refractivity contribution in [1.29, 1.82) is 0 Å². The van der Waals surface area contributed by atoms with Crippen LogP contribution in [0.1, 0.15) is 34.3 Å². The quantitative estimate of drug-likeness (QED) is 0.530. The average Bonchev–Trinajstić information content (AvgIpc) is 2.75. The van der Waals surface area contributed by atoms with Crippen molar-refractivity contribution in [3.05, 3.63) is 99.5 Å². The van der Waals surface area contributed by atoms with E-state index in [-0.39, 0.29) is 12.0 Å². The number of H-pyrrole nitrogens is 1. The van der Waals surface area contributed by atoms with Crippen LogP contribution in [0.2, 0.25) is 0 Å². The van der Waals surface area contributed by atoms with Crippen molar-refractivity contribution in [1.82, 2.24) is 20.1 Å². The third kappa shape index (κ3) is 3.47. The van der Waals surface area contributed by atoms with Gasteiger partial charge in [0.15, 0.2) is 0 Å². The predicted molar refractivity (Wildman–Crippen MR) is 119 cm³/mol. The van der Waals surface area contributed by atoms with Crippen LogP contribution in [0, 0.1) is 5.82 Å². The van der Waals surface area contributed by atoms with Crippen molar-refractivity contribution in [2.24, 2.45) is 0 Å². The van der Waals surface area contributed by atoms with E-state index in [9.17, 15) is 9.18 Å². The number of aromatic amines is 1. The molecule has 7 heteroatoms. The summed E-state index contributed by atoms with van der Waals surface area (Å²) in [5.41, 5.74) is 4.17. The topological polar surface area (TPSA) is 73.9 Å². The molecular weight excluding hydrogens is 393 g/mol. The first-order valence-electron chi connectivity index (χ1n) is 10.1. The van der Waals surface area contributed by atoms with Crippen molar-refractivity contribution < 1.29 is 4.39 Å². The third-order valence-corrected chi connectivity index (χ3v) is 5.69. The number of anilines is 1. The molecule has 4 aromatic rings. The van der Waals surface area contributed by atoms with Gasteiger partial charge in [-0.1, -0.05) is 24.3 Å². The molecule has 0 unspecified atom stereocenters. The van der Waals surface area contributed by atoms with Crippen LogP contribution in [0.5, 0.6) is 0 Å². The minimum Gasteiger partial charge on any atom is -0.377 e. The monoisotopic (exact) mass is 415 g/mol. The first kappa shape index (κ1) is 19.4. The Kier molecular flexibility index (Phi) is 4.75. The van der Waals surface area contributed by atoms with E-state index >= 15 is 0 Å². The summed E-state index contributed by atoms with van der Waals surface area (Å²) < 4.78 is 14.3. The van der Waals surface area contributed by atoms with Crippen molar-refractivity contribution in [2.75, 3.05) is 19.4 Å². The number of pyridine rings is 1. The molecule has 5 rings (SSSR count). The van der Waals surface area contributed by atoms with Crippen LogP contribution in [0.4, 0.5) is 10.1 Å². The van der Waals surface area contributed by atoms with Gasteiger partial charge in [0.05, 0.1) is 23.0 Å². The van der Waals surface area contributed by atoms with Crippen LogP contribution < -0.4 is 10.9 Å². The Morgan fingerprint density at radius 1 is 1.06 bits per heavy atom. The lowest BCUT2D eigenvalue weighted by molar-refractivity contribution is 0.402. The summed E-state index contributed by atoms with van der Waals surface area (Å²) >= 11 is 0. The maximum Gasteiger partial charge on any atom is 0.272 e. The Bertz CT molecular complexity index is 1320. The fraction of sp³-hybridized carbons (Fsp3) is 0.208. The zero-order valence-electron chi connectivity index (χ0n) is 17.3. The summed E-state index contributed by atoms with van der Waals surface area (Å²) in [4.78, 5) is 18.7. The Labute approximate surface area is 178 Å². The van der Waals surface area contributed by atoms with Gasteiger partial charge in [-0.05, 0) is 55.1 Å². The van der Waals surface area contributed by atoms with E-state index in [1.165, 1.54) is 17.7 Å². The number of hydrogen-bond acceptors (Lipinski definition) is 5. The van der Waals surface area contributed by atoms with Gasteiger partial charge in [0.1, 0.15) is 5.82 Å². The molecule has 0 saturated carbocycles. The summed E-state index contributed by atoms with van der Waals surface area (Å²) in [5.74, 6) is -0.639. The van der Waals surface area contributed by atoms with E-state index in [1.807, 2.05) is 32.3 Å². The zero-order chi connectivity index (χ0) is 21.5. The van der Waals surface area contributed by atoms with Gasteiger partial charge >= 0.3 is 0 Å². The highest BCUT2D eigenvalue weighted by Crippen LogP contribution is 2.46. The van der Waals surface area contributed by atoms with Crippen molar-refractivity contribution in [3.8, 4) is 0 Å². The van der Waals surface area contributed by atoms with Crippen LogP contribution >= 0.6 is 0 Å². The molecule has 2 N–H and O–H groups in total. The molecule has 0 saturated heterocycles. The number of benzene rings is 2. The molecule has 0 fully saturated rings. The Morgan fingerprint density at radius 2 is 1.87 bits per heavy atom. The summed E-state index contributed by atoms with van der Waals surface area (Å²) in [6, 6.07) is 14.8. The molecule has 3 heterocycles. The van der Waals surface area contributed by atoms with E-state index < -0.39 is 11.4 Å². The number of aromatic nitrogens is 3. The molecule has 156 valence electrons. The van der Waals surface area contributed by atoms with Gasteiger partial charge in [-0.15, -0.1) is 0 Å². The SMILES string of the molecule is CN(C)Cc1cccc([C@@H]2c3n[nH]c(=O)c4cc(F)cc(c34)N[C@@H]2c2ccncc2)c1. The van der Waals surface area contributed by atoms with E-state index in [1.54, 1.807) is 12.4 Å². The molecule has 1 aliphatic rings. The second kappa shape index (κ2) is 7.59. The first-order chi connectivity index (χ1) is 15.0. The number of nitrogens with one attached hydrogen (secondary N) is 2. The van der Waals surface area contributed by atoms with Crippen molar-refractivity contribution >= 4 is 16.5 Å². The van der Waals surface area contributed by atoms with Crippen molar-refractivity contribution in [2.45, 2.75) is 18.5 Å². The maximum absolute atomic E-state index is 14.3. The molecule has 0 aliphatic carbocycles. The standard InChI is InChI=1S/C24H22FN5O/c1-30(2)13-14-4-3-5-16(10-14)20-22(15-6-8-26-9-7-15)27-19-12-17(25)11-18-21(19)23(20)28-29-24(18)31/h3-12,20,22,27H,13H2,1-2H3,(H,29,31)/t20-,22+/m0/s1. The molecule has 2 atom stereocenters. The lowest BCUT2D eigenvalue weighted by Gasteiger charge is -2.35. The highest BCUT2D eigenvalue weighted by Gasteiger charge is 2.35. The van der Waals surface area contributed by atoms with Crippen LogP contribution in [0.25, 0.3) is 10.8 Å². The third-order valence-electron chi connectivity index (χ3n) is 5.69. The smallest absolute Gasteiger partial charge is 0.272 e. The lowest BCUT2D eigenvalue weighted by Crippen LogP contribution is -2.28. The number of halogens is 1. The molecular formula is C24H22FN5O. The van der Waals surface area contributed by atoms with E-state index in [2.05, 4.69) is 43.6 Å². The van der Waals surface area contributed by atoms with Gasteiger partial charge in [0, 0.05) is 30.0 Å². The molecule has 0 amide bonds. The summed E-state index contributed by atoms with van der Waals surface area (Å²) in [7, 11) is 4.07. The average molecular weight is 415 g/mol. The largest absolute Gasteiger partial charge is 0.377 e. The molecule has 31 heavy (non-hydrogen) atoms. The molecule has 1 aliphatic heterocycles. The summed E-state index contributed by atoms with van der Waals surface area (Å²) in [5, 5.41) is 11.5. The normalized spacial score (nSPS) is 17.7. The second-order valence-electron chi connectivity index (χ2n) is 8.18. The number of hydrogen-bond donors (Lipinski definition) is 2. The van der Waals surface area contributed by atoms with Crippen molar-refractivity contribution in [3.63, 3.8) is 0 Å². The lowest BCUT2D eigenvalue weighted by atomic mass is 9.80. The molecule has 0 bridgehead atoms. The van der Waals surface area contributed by atoms with Crippen LogP contribution in [0.15, 0.2) is 65.7 Å². The zero-order valence-corrected chi connectivity index (χ0v) is 17.3. The van der Waals surface area contributed by atoms with E-state index in [4.69, 9.17) is 0 Å². The fourth-order valence-electron chi connectivity index (χ4n) is 4.48. The Balaban J connectivity index is 1.76. The van der Waals surface area contributed by atoms with E-state index in [0.717, 1.165) is 23.4 Å². The number of rotatable bonds is 4. The van der Waals surface area contributed by atoms with E-state index in [0.29, 0.717) is 16.5 Å². The number of nitrogens with zero attached hydrogens (tertiary/aromatic N) is 3. The van der Waals surface area contributed by atoms with Crippen LogP contribution in [-0.4, -0.2) is 34.2 Å². The maximum atomic E-state index is 14.3. The van der Waals surface area contributed by atoms with Gasteiger partial charge in [0.25, 0.3) is 5.56 Å². The van der Waals surface area contributed by atoms with Gasteiger partial charge < -0.3 is 10.2 Å². The van der Waals surface area contributed by atoms with Gasteiger partial charge in [-0.3, -0.25) is 9.78 Å². The minimum absolute atomic E-state index is 0.179. The Morgan fingerprint density at radius 3 is 2.65 bits per heavy atom. The first-order valence-corrected chi connectivity index (χ1v) is 10.1. The fourth-order valence-corrected chi connectivity index (χ4v) is 4.48. The van der Waals surface area contributed by atoms with Gasteiger partial charge in [0.2, 0.25) is 0 Å². The summed E-state index contributed by atoms with van der Waals surface area (Å²) in [6.07, 6.45) is 3.49. The molecule has 0 radical (unpaired) electrons. The van der Waals surface area contributed by atoms with Crippen LogP contribution in [0.3, 0.4) is 0 Å². The van der Waals surface area contributed by atoms with Gasteiger partial charge in [-0.25, -0.2) is 9.49 Å². The molecule has 2 aromatic carbocycles. The van der Waals surface area contributed by atoms with Crippen LogP contribution in [-0.2, 0) is 6.54 Å². The highest BCUT2D eigenvalue weighted by molar-refractivity contribution is 5.97. The highest BCUT2D eigenvalue weighted by atomic mass is 19.1. The molecule has 2 aromatic heterocycles. The second-order valence-corrected chi connectivity index (χ2v) is 8.18. The molecule has 0 spiro atoms. The Hall–Kier alpha value is -3.58. The van der Waals surface area contributed by atoms with Gasteiger partial charge in [-0.2, -0.15) is 5.10 Å². The predicted octanol–water partition coefficient (Wildman–Crippen LogP) is 3.82.